The van der Waals surface area contributed by atoms with E-state index in [1.807, 2.05) is 6.07 Å². The molecule has 3 N–H and O–H groups in total. The third-order valence-corrected chi connectivity index (χ3v) is 7.14. The van der Waals surface area contributed by atoms with Crippen LogP contribution >= 0.6 is 0 Å². The van der Waals surface area contributed by atoms with Gasteiger partial charge in [-0.1, -0.05) is 19.9 Å². The monoisotopic (exact) mass is 572 g/mol. The van der Waals surface area contributed by atoms with E-state index in [1.54, 1.807) is 41.9 Å². The van der Waals surface area contributed by atoms with Gasteiger partial charge >= 0.3 is 6.18 Å². The van der Waals surface area contributed by atoms with Crippen LogP contribution in [0.4, 0.5) is 23.2 Å². The number of hydrogen-bond donors (Lipinski definition) is 3. The van der Waals surface area contributed by atoms with E-state index < -0.39 is 36.0 Å². The van der Waals surface area contributed by atoms with Crippen LogP contribution in [0.3, 0.4) is 0 Å². The van der Waals surface area contributed by atoms with Crippen LogP contribution in [-0.4, -0.2) is 53.3 Å². The Bertz CT molecular complexity index is 1580. The first kappa shape index (κ1) is 29.9. The molecule has 0 aliphatic rings. The number of fused-ring (bicyclic) bond motifs is 1. The molecule has 0 aliphatic heterocycles. The van der Waals surface area contributed by atoms with Crippen LogP contribution in [0.5, 0.6) is 5.75 Å². The number of aliphatic hydroxyl groups is 1. The first-order chi connectivity index (χ1) is 19.2. The van der Waals surface area contributed by atoms with Gasteiger partial charge in [0.1, 0.15) is 11.6 Å². The zero-order valence-corrected chi connectivity index (χ0v) is 23.4. The molecule has 41 heavy (non-hydrogen) atoms. The summed E-state index contributed by atoms with van der Waals surface area (Å²) in [6, 6.07) is 13.9. The Morgan fingerprint density at radius 1 is 1.10 bits per heavy atom. The number of anilines is 1. The Kier molecular flexibility index (Phi) is 8.04. The highest BCUT2D eigenvalue weighted by atomic mass is 19.4. The van der Waals surface area contributed by atoms with Crippen LogP contribution in [0.1, 0.15) is 41.8 Å². The molecular formula is C30H32F4N4O3. The summed E-state index contributed by atoms with van der Waals surface area (Å²) in [5.41, 5.74) is -1.59. The third kappa shape index (κ3) is 6.00. The van der Waals surface area contributed by atoms with E-state index >= 15 is 0 Å². The molecule has 218 valence electrons. The summed E-state index contributed by atoms with van der Waals surface area (Å²) in [5, 5.41) is 21.4. The Morgan fingerprint density at radius 2 is 1.83 bits per heavy atom. The second-order valence-corrected chi connectivity index (χ2v) is 10.7. The Hall–Kier alpha value is -4.12. The predicted octanol–water partition coefficient (Wildman–Crippen LogP) is 5.91. The van der Waals surface area contributed by atoms with Crippen molar-refractivity contribution in [3.05, 3.63) is 83.3 Å². The number of ether oxygens (including phenoxy) is 1. The van der Waals surface area contributed by atoms with E-state index in [4.69, 9.17) is 4.74 Å². The summed E-state index contributed by atoms with van der Waals surface area (Å²) in [5.74, 6) is -0.670. The number of benzene rings is 3. The maximum Gasteiger partial charge on any atom is 0.418 e. The second-order valence-electron chi connectivity index (χ2n) is 10.7. The average Bonchev–Trinajstić information content (AvgIpc) is 3.34. The molecule has 0 bridgehead atoms. The lowest BCUT2D eigenvalue weighted by Crippen LogP contribution is -2.53. The Labute approximate surface area is 235 Å². The van der Waals surface area contributed by atoms with Crippen LogP contribution < -0.4 is 15.4 Å². The SMILES string of the molecule is CNC(=O)c1cccc(-n2ncc3c(NCC(O)(CC(C)(C)c4cc(F)ccc4OC)C(F)(F)F)cc(C)cc32)c1. The van der Waals surface area contributed by atoms with E-state index in [9.17, 15) is 27.5 Å². The number of hydrogen-bond acceptors (Lipinski definition) is 5. The lowest BCUT2D eigenvalue weighted by Gasteiger charge is -2.38. The zero-order valence-electron chi connectivity index (χ0n) is 23.4. The molecule has 4 aromatic rings. The van der Waals surface area contributed by atoms with Crippen molar-refractivity contribution in [1.82, 2.24) is 15.1 Å². The summed E-state index contributed by atoms with van der Waals surface area (Å²) >= 11 is 0. The average molecular weight is 573 g/mol. The number of halogens is 4. The number of rotatable bonds is 9. The molecule has 11 heteroatoms. The normalized spacial score (nSPS) is 13.6. The van der Waals surface area contributed by atoms with Crippen molar-refractivity contribution >= 4 is 22.5 Å². The maximum atomic E-state index is 14.4. The number of nitrogens with one attached hydrogen (secondary N) is 2. The largest absolute Gasteiger partial charge is 0.496 e. The molecule has 0 spiro atoms. The van der Waals surface area contributed by atoms with E-state index in [2.05, 4.69) is 15.7 Å². The molecule has 4 rings (SSSR count). The van der Waals surface area contributed by atoms with Crippen LogP contribution in [0.15, 0.2) is 60.8 Å². The van der Waals surface area contributed by atoms with Gasteiger partial charge in [0.15, 0.2) is 5.60 Å². The van der Waals surface area contributed by atoms with Gasteiger partial charge in [0.25, 0.3) is 5.91 Å². The fraction of sp³-hybridized carbons (Fsp3) is 0.333. The van der Waals surface area contributed by atoms with Crippen LogP contribution in [-0.2, 0) is 5.41 Å². The number of methoxy groups -OCH3 is 1. The summed E-state index contributed by atoms with van der Waals surface area (Å²) in [6.45, 7) is 3.93. The van der Waals surface area contributed by atoms with E-state index in [1.165, 1.54) is 40.3 Å². The third-order valence-electron chi connectivity index (χ3n) is 7.14. The minimum atomic E-state index is -5.01. The number of amides is 1. The topological polar surface area (TPSA) is 88.4 Å². The highest BCUT2D eigenvalue weighted by molar-refractivity contribution is 5.95. The van der Waals surface area contributed by atoms with Crippen molar-refractivity contribution in [2.75, 3.05) is 26.0 Å². The van der Waals surface area contributed by atoms with Gasteiger partial charge in [-0.15, -0.1) is 0 Å². The van der Waals surface area contributed by atoms with Gasteiger partial charge in [0.05, 0.1) is 31.1 Å². The molecule has 1 unspecified atom stereocenters. The van der Waals surface area contributed by atoms with Gasteiger partial charge in [-0.25, -0.2) is 9.07 Å². The van der Waals surface area contributed by atoms with Crippen molar-refractivity contribution in [3.63, 3.8) is 0 Å². The minimum Gasteiger partial charge on any atom is -0.496 e. The highest BCUT2D eigenvalue weighted by Crippen LogP contribution is 2.44. The Morgan fingerprint density at radius 3 is 2.49 bits per heavy atom. The van der Waals surface area contributed by atoms with Gasteiger partial charge < -0.3 is 20.5 Å². The summed E-state index contributed by atoms with van der Waals surface area (Å²) < 4.78 is 64.2. The number of carbonyl (C=O) groups is 1. The smallest absolute Gasteiger partial charge is 0.418 e. The number of carbonyl (C=O) groups excluding carboxylic acids is 1. The van der Waals surface area contributed by atoms with Gasteiger partial charge in [0, 0.05) is 29.2 Å². The molecule has 1 atom stereocenters. The second kappa shape index (κ2) is 11.0. The lowest BCUT2D eigenvalue weighted by molar-refractivity contribution is -0.260. The number of aromatic nitrogens is 2. The fourth-order valence-corrected chi connectivity index (χ4v) is 5.08. The molecular weight excluding hydrogens is 540 g/mol. The van der Waals surface area contributed by atoms with Crippen molar-refractivity contribution in [1.29, 1.82) is 0 Å². The highest BCUT2D eigenvalue weighted by Gasteiger charge is 2.56. The number of nitrogens with zero attached hydrogens (tertiary/aromatic N) is 2. The predicted molar refractivity (Wildman–Crippen MR) is 149 cm³/mol. The summed E-state index contributed by atoms with van der Waals surface area (Å²) in [4.78, 5) is 12.1. The fourth-order valence-electron chi connectivity index (χ4n) is 5.08. The molecule has 3 aromatic carbocycles. The minimum absolute atomic E-state index is 0.209. The van der Waals surface area contributed by atoms with Gasteiger partial charge in [-0.3, -0.25) is 4.79 Å². The molecule has 7 nitrogen and oxygen atoms in total. The number of alkyl halides is 3. The van der Waals surface area contributed by atoms with Crippen LogP contribution in [0.2, 0.25) is 0 Å². The molecule has 1 amide bonds. The summed E-state index contributed by atoms with van der Waals surface area (Å²) in [6.07, 6.45) is -4.26. The van der Waals surface area contributed by atoms with E-state index in [-0.39, 0.29) is 17.2 Å². The van der Waals surface area contributed by atoms with Crippen molar-refractivity contribution in [2.45, 2.75) is 44.4 Å². The summed E-state index contributed by atoms with van der Waals surface area (Å²) in [7, 11) is 2.87. The first-order valence-corrected chi connectivity index (χ1v) is 12.9. The van der Waals surface area contributed by atoms with Crippen molar-refractivity contribution in [2.24, 2.45) is 0 Å². The van der Waals surface area contributed by atoms with Crippen LogP contribution in [0, 0.1) is 12.7 Å². The van der Waals surface area contributed by atoms with Crippen molar-refractivity contribution < 1.29 is 32.2 Å². The van der Waals surface area contributed by atoms with E-state index in [0.29, 0.717) is 27.8 Å². The molecule has 0 radical (unpaired) electrons. The first-order valence-electron chi connectivity index (χ1n) is 12.9. The standard InChI is InChI=1S/C30H32F4N4O3/c1-18-11-24(22-15-37-38(25(22)12-18)21-8-6-7-19(13-21)27(39)35-4)36-17-29(40,30(32,33)34)16-28(2,3)23-14-20(31)9-10-26(23)41-5/h6-15,36,40H,16-17H2,1-5H3,(H,35,39). The molecule has 0 aliphatic carbocycles. The van der Waals surface area contributed by atoms with Crippen molar-refractivity contribution in [3.8, 4) is 11.4 Å². The Balaban J connectivity index is 1.69. The molecule has 1 aromatic heterocycles. The van der Waals surface area contributed by atoms with E-state index in [0.717, 1.165) is 17.7 Å². The molecule has 0 fully saturated rings. The molecule has 0 saturated heterocycles. The van der Waals surface area contributed by atoms with Gasteiger partial charge in [-0.2, -0.15) is 18.3 Å². The maximum absolute atomic E-state index is 14.4. The quantitative estimate of drug-likeness (QED) is 0.217. The zero-order chi connectivity index (χ0) is 30.2. The lowest BCUT2D eigenvalue weighted by atomic mass is 9.74. The molecule has 0 saturated carbocycles. The number of aryl methyl sites for hydroxylation is 1. The van der Waals surface area contributed by atoms with Gasteiger partial charge in [0.2, 0.25) is 0 Å². The van der Waals surface area contributed by atoms with Crippen LogP contribution in [0.25, 0.3) is 16.6 Å². The molecule has 1 heterocycles. The van der Waals surface area contributed by atoms with Gasteiger partial charge in [-0.05, 0) is 72.9 Å².